The van der Waals surface area contributed by atoms with Gasteiger partial charge >= 0.3 is 12.0 Å². The third-order valence-corrected chi connectivity index (χ3v) is 5.73. The summed E-state index contributed by atoms with van der Waals surface area (Å²) in [5, 5.41) is 20.4. The van der Waals surface area contributed by atoms with E-state index in [2.05, 4.69) is 0 Å². The maximum absolute atomic E-state index is 13.6. The molecule has 0 atom stereocenters. The Bertz CT molecular complexity index is 1320. The average Bonchev–Trinajstić information content (AvgIpc) is 2.71. The molecule has 1 heterocycles. The predicted octanol–water partition coefficient (Wildman–Crippen LogP) is 5.10. The topological polar surface area (TPSA) is 99.8 Å². The first-order chi connectivity index (χ1) is 15.1. The molecule has 0 saturated carbocycles. The molecule has 2 aromatic carbocycles. The standard InChI is InChI=1S/C26H30N2O5/c1-25(2,3)17-12-18(26(4,5)6)21(29)13-20(17)27(7)24(33)28-14-16(23(31)32)22(30)15-10-8-9-11-19(15)28/h8-14,29H,1-7H3,(H,31,32). The fourth-order valence-corrected chi connectivity index (χ4v) is 3.91. The first kappa shape index (κ1) is 24.0. The normalized spacial score (nSPS) is 12.1. The van der Waals surface area contributed by atoms with E-state index in [1.165, 1.54) is 15.5 Å². The molecule has 174 valence electrons. The number of carboxylic acid groups (broad SMARTS) is 1. The largest absolute Gasteiger partial charge is 0.508 e. The zero-order valence-electron chi connectivity index (χ0n) is 20.1. The molecule has 0 saturated heterocycles. The molecule has 0 bridgehead atoms. The number of hydrogen-bond donors (Lipinski definition) is 2. The van der Waals surface area contributed by atoms with Gasteiger partial charge in [0.05, 0.1) is 11.2 Å². The molecule has 0 aliphatic rings. The van der Waals surface area contributed by atoms with Crippen molar-refractivity contribution in [1.29, 1.82) is 0 Å². The van der Waals surface area contributed by atoms with Gasteiger partial charge in [0.1, 0.15) is 11.3 Å². The van der Waals surface area contributed by atoms with Gasteiger partial charge in [0.2, 0.25) is 5.43 Å². The number of fused-ring (bicyclic) bond motifs is 1. The molecule has 7 nitrogen and oxygen atoms in total. The molecule has 1 amide bonds. The fraction of sp³-hybridized carbons (Fsp3) is 0.346. The Morgan fingerprint density at radius 1 is 0.939 bits per heavy atom. The van der Waals surface area contributed by atoms with Gasteiger partial charge in [-0.15, -0.1) is 0 Å². The number of benzene rings is 2. The van der Waals surface area contributed by atoms with Crippen molar-refractivity contribution in [3.05, 3.63) is 69.5 Å². The smallest absolute Gasteiger partial charge is 0.341 e. The Hall–Kier alpha value is -3.61. The maximum atomic E-state index is 13.6. The molecule has 3 aromatic rings. The quantitative estimate of drug-likeness (QED) is 0.565. The monoisotopic (exact) mass is 450 g/mol. The number of anilines is 1. The van der Waals surface area contributed by atoms with Crippen LogP contribution in [0.25, 0.3) is 10.9 Å². The van der Waals surface area contributed by atoms with E-state index in [0.717, 1.165) is 17.3 Å². The summed E-state index contributed by atoms with van der Waals surface area (Å²) >= 11 is 0. The number of rotatable bonds is 2. The molecule has 2 N–H and O–H groups in total. The number of aromatic hydroxyl groups is 1. The van der Waals surface area contributed by atoms with Crippen molar-refractivity contribution in [3.8, 4) is 5.75 Å². The summed E-state index contributed by atoms with van der Waals surface area (Å²) in [7, 11) is 1.57. The van der Waals surface area contributed by atoms with Crippen molar-refractivity contribution in [2.45, 2.75) is 52.4 Å². The third-order valence-electron chi connectivity index (χ3n) is 5.73. The average molecular weight is 451 g/mol. The second kappa shape index (κ2) is 8.06. The molecule has 0 aliphatic carbocycles. The predicted molar refractivity (Wildman–Crippen MR) is 130 cm³/mol. The summed E-state index contributed by atoms with van der Waals surface area (Å²) < 4.78 is 1.17. The molecule has 3 rings (SSSR count). The van der Waals surface area contributed by atoms with E-state index in [1.807, 2.05) is 47.6 Å². The highest BCUT2D eigenvalue weighted by Crippen LogP contribution is 2.41. The lowest BCUT2D eigenvalue weighted by atomic mass is 9.79. The molecule has 0 fully saturated rings. The second-order valence-corrected chi connectivity index (χ2v) is 10.3. The molecule has 7 heteroatoms. The highest BCUT2D eigenvalue weighted by atomic mass is 16.4. The number of carbonyl (C=O) groups is 2. The summed E-state index contributed by atoms with van der Waals surface area (Å²) in [6.45, 7) is 12.1. The first-order valence-electron chi connectivity index (χ1n) is 10.7. The molecule has 33 heavy (non-hydrogen) atoms. The number of phenolic OH excluding ortho intramolecular Hbond substituents is 1. The Labute approximate surface area is 192 Å². The number of carboxylic acids is 1. The number of aromatic nitrogens is 1. The number of nitrogens with zero attached hydrogens (tertiary/aromatic N) is 2. The van der Waals surface area contributed by atoms with Crippen molar-refractivity contribution in [2.24, 2.45) is 0 Å². The van der Waals surface area contributed by atoms with Gasteiger partial charge in [-0.2, -0.15) is 0 Å². The van der Waals surface area contributed by atoms with Gasteiger partial charge in [0.15, 0.2) is 0 Å². The van der Waals surface area contributed by atoms with Crippen molar-refractivity contribution in [3.63, 3.8) is 0 Å². The first-order valence-corrected chi connectivity index (χ1v) is 10.7. The zero-order valence-corrected chi connectivity index (χ0v) is 20.1. The molecular formula is C26H30N2O5. The zero-order chi connectivity index (χ0) is 24.9. The SMILES string of the molecule is CN(C(=O)n1cc(C(=O)O)c(=O)c2ccccc21)c1cc(O)c(C(C)(C)C)cc1C(C)(C)C. The summed E-state index contributed by atoms with van der Waals surface area (Å²) in [5.41, 5.74) is 0.620. The van der Waals surface area contributed by atoms with Crippen LogP contribution >= 0.6 is 0 Å². The highest BCUT2D eigenvalue weighted by molar-refractivity contribution is 6.02. The van der Waals surface area contributed by atoms with Gasteiger partial charge in [-0.3, -0.25) is 14.3 Å². The van der Waals surface area contributed by atoms with Crippen LogP contribution in [0.15, 0.2) is 47.4 Å². The van der Waals surface area contributed by atoms with E-state index >= 15 is 0 Å². The molecule has 1 aromatic heterocycles. The van der Waals surface area contributed by atoms with Gasteiger partial charge in [-0.05, 0) is 40.2 Å². The molecular weight excluding hydrogens is 420 g/mol. The Morgan fingerprint density at radius 2 is 1.52 bits per heavy atom. The number of carbonyl (C=O) groups excluding carboxylic acids is 1. The van der Waals surface area contributed by atoms with Crippen molar-refractivity contribution in [1.82, 2.24) is 4.57 Å². The van der Waals surface area contributed by atoms with Crippen molar-refractivity contribution in [2.75, 3.05) is 11.9 Å². The highest BCUT2D eigenvalue weighted by Gasteiger charge is 2.29. The van der Waals surface area contributed by atoms with E-state index in [4.69, 9.17) is 0 Å². The third kappa shape index (κ3) is 4.35. The number of aromatic carboxylic acids is 1. The van der Waals surface area contributed by atoms with Crippen LogP contribution in [0, 0.1) is 0 Å². The van der Waals surface area contributed by atoms with Crippen molar-refractivity contribution >= 4 is 28.6 Å². The van der Waals surface area contributed by atoms with E-state index in [1.54, 1.807) is 31.3 Å². The Balaban J connectivity index is 2.27. The van der Waals surface area contributed by atoms with E-state index in [9.17, 15) is 24.6 Å². The lowest BCUT2D eigenvalue weighted by molar-refractivity contribution is 0.0695. The van der Waals surface area contributed by atoms with E-state index < -0.39 is 23.0 Å². The summed E-state index contributed by atoms with van der Waals surface area (Å²) in [6, 6.07) is 9.33. The summed E-state index contributed by atoms with van der Waals surface area (Å²) in [6.07, 6.45) is 1.06. The van der Waals surface area contributed by atoms with Crippen molar-refractivity contribution < 1.29 is 19.8 Å². The van der Waals surface area contributed by atoms with Crippen LogP contribution in [0.2, 0.25) is 0 Å². The van der Waals surface area contributed by atoms with Crippen LogP contribution in [0.3, 0.4) is 0 Å². The van der Waals surface area contributed by atoms with Crippen LogP contribution in [-0.2, 0) is 10.8 Å². The van der Waals surface area contributed by atoms with Gasteiger partial charge in [0.25, 0.3) is 0 Å². The number of phenols is 1. The van der Waals surface area contributed by atoms with Crippen LogP contribution in [0.1, 0.15) is 63.0 Å². The fourth-order valence-electron chi connectivity index (χ4n) is 3.91. The van der Waals surface area contributed by atoms with Gasteiger partial charge in [0, 0.05) is 24.7 Å². The van der Waals surface area contributed by atoms with Gasteiger partial charge in [-0.25, -0.2) is 9.59 Å². The number of para-hydroxylation sites is 1. The summed E-state index contributed by atoms with van der Waals surface area (Å²) in [4.78, 5) is 39.3. The van der Waals surface area contributed by atoms with Crippen LogP contribution < -0.4 is 10.3 Å². The minimum atomic E-state index is -1.41. The second-order valence-electron chi connectivity index (χ2n) is 10.3. The molecule has 0 aliphatic heterocycles. The molecule has 0 spiro atoms. The molecule has 0 radical (unpaired) electrons. The van der Waals surface area contributed by atoms with Crippen LogP contribution in [0.5, 0.6) is 5.75 Å². The lowest BCUT2D eigenvalue weighted by Crippen LogP contribution is -2.35. The minimum absolute atomic E-state index is 0.0705. The van der Waals surface area contributed by atoms with E-state index in [-0.39, 0.29) is 22.0 Å². The van der Waals surface area contributed by atoms with Gasteiger partial charge < -0.3 is 10.2 Å². The number of hydrogen-bond acceptors (Lipinski definition) is 4. The minimum Gasteiger partial charge on any atom is -0.508 e. The van der Waals surface area contributed by atoms with E-state index in [0.29, 0.717) is 11.2 Å². The Kier molecular flexibility index (Phi) is 5.88. The van der Waals surface area contributed by atoms with Crippen LogP contribution in [-0.4, -0.2) is 33.8 Å². The molecule has 0 unspecified atom stereocenters. The number of amides is 1. The summed E-state index contributed by atoms with van der Waals surface area (Å²) in [5.74, 6) is -1.33. The number of pyridine rings is 1. The van der Waals surface area contributed by atoms with Crippen LogP contribution in [0.4, 0.5) is 10.5 Å². The maximum Gasteiger partial charge on any atom is 0.341 e. The van der Waals surface area contributed by atoms with Gasteiger partial charge in [-0.1, -0.05) is 53.7 Å². The lowest BCUT2D eigenvalue weighted by Gasteiger charge is -2.31. The Morgan fingerprint density at radius 3 is 2.06 bits per heavy atom.